The van der Waals surface area contributed by atoms with Crippen molar-refractivity contribution in [2.45, 2.75) is 70.1 Å². The summed E-state index contributed by atoms with van der Waals surface area (Å²) >= 11 is 0. The summed E-state index contributed by atoms with van der Waals surface area (Å²) in [5.74, 6) is 0.680. The number of rotatable bonds is 3. The Morgan fingerprint density at radius 2 is 2.00 bits per heavy atom. The third-order valence-corrected chi connectivity index (χ3v) is 6.00. The Morgan fingerprint density at radius 1 is 1.15 bits per heavy atom. The minimum absolute atomic E-state index is 0.0265. The Kier molecular flexibility index (Phi) is 5.21. The molecule has 1 aromatic heterocycles. The second-order valence-electron chi connectivity index (χ2n) is 7.87. The second kappa shape index (κ2) is 7.75. The molecule has 2 aromatic rings. The third kappa shape index (κ3) is 3.75. The molecule has 0 unspecified atom stereocenters. The van der Waals surface area contributed by atoms with Gasteiger partial charge in [0.15, 0.2) is 0 Å². The molecule has 2 fully saturated rings. The quantitative estimate of drug-likeness (QED) is 0.882. The number of pyridine rings is 1. The average Bonchev–Trinajstić information content (AvgIpc) is 2.67. The molecular weight excluding hydrogens is 324 g/mol. The highest BCUT2D eigenvalue weighted by Crippen LogP contribution is 2.40. The van der Waals surface area contributed by atoms with E-state index >= 15 is 0 Å². The van der Waals surface area contributed by atoms with Gasteiger partial charge in [-0.3, -0.25) is 9.78 Å². The molecule has 1 aliphatic heterocycles. The molecule has 0 radical (unpaired) electrons. The number of hydrogen-bond acceptors (Lipinski definition) is 3. The van der Waals surface area contributed by atoms with Crippen molar-refractivity contribution in [3.05, 3.63) is 42.2 Å². The SMILES string of the molecule is CC(=O)N[C@H]1C[C@@H](C2CCCCC2)O[C@@H](c2cccc3cnccc23)C1. The van der Waals surface area contributed by atoms with Crippen LogP contribution >= 0.6 is 0 Å². The third-order valence-electron chi connectivity index (χ3n) is 6.00. The minimum atomic E-state index is 0.0265. The van der Waals surface area contributed by atoms with Gasteiger partial charge in [0, 0.05) is 30.7 Å². The van der Waals surface area contributed by atoms with E-state index in [4.69, 9.17) is 4.74 Å². The molecular formula is C22H28N2O2. The summed E-state index contributed by atoms with van der Waals surface area (Å²) in [4.78, 5) is 15.9. The molecule has 3 atom stereocenters. The number of benzene rings is 1. The summed E-state index contributed by atoms with van der Waals surface area (Å²) in [6.07, 6.45) is 12.3. The normalized spacial score (nSPS) is 27.3. The number of carbonyl (C=O) groups excluding carboxylic acids is 1. The van der Waals surface area contributed by atoms with E-state index in [0.717, 1.165) is 18.2 Å². The standard InChI is InChI=1S/C22H28N2O2/c1-15(25)24-18-12-21(16-6-3-2-4-7-16)26-22(13-18)20-9-5-8-17-14-23-11-10-19(17)20/h5,8-11,14,16,18,21-22H,2-4,6-7,12-13H2,1H3,(H,24,25)/t18-,21-,22+/m0/s1. The molecule has 1 aromatic carbocycles. The van der Waals surface area contributed by atoms with E-state index in [9.17, 15) is 4.79 Å². The maximum absolute atomic E-state index is 11.7. The molecule has 4 rings (SSSR count). The lowest BCUT2D eigenvalue weighted by Crippen LogP contribution is -2.44. The zero-order chi connectivity index (χ0) is 17.9. The van der Waals surface area contributed by atoms with E-state index in [-0.39, 0.29) is 24.2 Å². The Hall–Kier alpha value is -1.94. The van der Waals surface area contributed by atoms with Crippen LogP contribution in [0.15, 0.2) is 36.7 Å². The molecule has 1 amide bonds. The largest absolute Gasteiger partial charge is 0.370 e. The zero-order valence-electron chi connectivity index (χ0n) is 15.5. The van der Waals surface area contributed by atoms with Gasteiger partial charge < -0.3 is 10.1 Å². The van der Waals surface area contributed by atoms with Gasteiger partial charge in [-0.25, -0.2) is 0 Å². The zero-order valence-corrected chi connectivity index (χ0v) is 15.5. The number of fused-ring (bicyclic) bond motifs is 1. The van der Waals surface area contributed by atoms with Crippen molar-refractivity contribution < 1.29 is 9.53 Å². The average molecular weight is 352 g/mol. The first-order valence-corrected chi connectivity index (χ1v) is 9.96. The van der Waals surface area contributed by atoms with Crippen LogP contribution in [0.3, 0.4) is 0 Å². The van der Waals surface area contributed by atoms with E-state index < -0.39 is 0 Å². The molecule has 4 heteroatoms. The van der Waals surface area contributed by atoms with Crippen molar-refractivity contribution in [1.29, 1.82) is 0 Å². The molecule has 4 nitrogen and oxygen atoms in total. The topological polar surface area (TPSA) is 51.2 Å². The van der Waals surface area contributed by atoms with Crippen molar-refractivity contribution in [1.82, 2.24) is 10.3 Å². The summed E-state index contributed by atoms with van der Waals surface area (Å²) < 4.78 is 6.66. The maximum atomic E-state index is 11.7. The van der Waals surface area contributed by atoms with Gasteiger partial charge in [0.25, 0.3) is 0 Å². The van der Waals surface area contributed by atoms with E-state index in [0.29, 0.717) is 5.92 Å². The van der Waals surface area contributed by atoms with Gasteiger partial charge in [0.05, 0.1) is 12.2 Å². The monoisotopic (exact) mass is 352 g/mol. The van der Waals surface area contributed by atoms with Crippen molar-refractivity contribution in [3.63, 3.8) is 0 Å². The van der Waals surface area contributed by atoms with E-state index in [1.165, 1.54) is 43.1 Å². The van der Waals surface area contributed by atoms with Crippen molar-refractivity contribution in [2.75, 3.05) is 0 Å². The number of ether oxygens (including phenoxy) is 1. The van der Waals surface area contributed by atoms with Gasteiger partial charge in [-0.1, -0.05) is 37.5 Å². The van der Waals surface area contributed by atoms with E-state index in [1.807, 2.05) is 12.4 Å². The van der Waals surface area contributed by atoms with Crippen LogP contribution in [-0.2, 0) is 9.53 Å². The number of nitrogens with one attached hydrogen (secondary N) is 1. The predicted molar refractivity (Wildman–Crippen MR) is 103 cm³/mol. The minimum Gasteiger partial charge on any atom is -0.370 e. The smallest absolute Gasteiger partial charge is 0.217 e. The molecule has 1 aliphatic carbocycles. The number of amides is 1. The molecule has 1 saturated heterocycles. The number of nitrogens with zero attached hydrogens (tertiary/aromatic N) is 1. The molecule has 2 aliphatic rings. The molecule has 1 saturated carbocycles. The summed E-state index contributed by atoms with van der Waals surface area (Å²) in [6, 6.07) is 8.61. The summed E-state index contributed by atoms with van der Waals surface area (Å²) in [5, 5.41) is 5.52. The van der Waals surface area contributed by atoms with E-state index in [1.54, 1.807) is 6.92 Å². The fraction of sp³-hybridized carbons (Fsp3) is 0.545. The summed E-state index contributed by atoms with van der Waals surface area (Å²) in [5.41, 5.74) is 1.22. The maximum Gasteiger partial charge on any atom is 0.217 e. The lowest BCUT2D eigenvalue weighted by molar-refractivity contribution is -0.124. The van der Waals surface area contributed by atoms with Crippen LogP contribution in [0.5, 0.6) is 0 Å². The first-order chi connectivity index (χ1) is 12.7. The van der Waals surface area contributed by atoms with Gasteiger partial charge in [0.1, 0.15) is 0 Å². The predicted octanol–water partition coefficient (Wildman–Crippen LogP) is 4.54. The number of carbonyl (C=O) groups is 1. The fourth-order valence-corrected chi connectivity index (χ4v) is 4.80. The Labute approximate surface area is 155 Å². The van der Waals surface area contributed by atoms with Gasteiger partial charge in [-0.2, -0.15) is 0 Å². The highest BCUT2D eigenvalue weighted by Gasteiger charge is 2.36. The first-order valence-electron chi connectivity index (χ1n) is 9.96. The van der Waals surface area contributed by atoms with Crippen LogP contribution in [0.2, 0.25) is 0 Å². The first kappa shape index (κ1) is 17.5. The van der Waals surface area contributed by atoms with Gasteiger partial charge >= 0.3 is 0 Å². The van der Waals surface area contributed by atoms with Crippen molar-refractivity contribution >= 4 is 16.7 Å². The molecule has 26 heavy (non-hydrogen) atoms. The second-order valence-corrected chi connectivity index (χ2v) is 7.87. The highest BCUT2D eigenvalue weighted by atomic mass is 16.5. The van der Waals surface area contributed by atoms with Crippen molar-refractivity contribution in [3.8, 4) is 0 Å². The van der Waals surface area contributed by atoms with Gasteiger partial charge in [-0.05, 0) is 48.6 Å². The van der Waals surface area contributed by atoms with Crippen LogP contribution in [0, 0.1) is 5.92 Å². The molecule has 0 bridgehead atoms. The Balaban J connectivity index is 1.63. The molecule has 138 valence electrons. The highest BCUT2D eigenvalue weighted by molar-refractivity contribution is 5.85. The number of hydrogen-bond donors (Lipinski definition) is 1. The van der Waals surface area contributed by atoms with E-state index in [2.05, 4.69) is 34.6 Å². The molecule has 2 heterocycles. The van der Waals surface area contributed by atoms with Crippen LogP contribution < -0.4 is 5.32 Å². The van der Waals surface area contributed by atoms with Crippen LogP contribution in [0.1, 0.15) is 63.5 Å². The summed E-state index contributed by atoms with van der Waals surface area (Å²) in [6.45, 7) is 1.61. The lowest BCUT2D eigenvalue weighted by Gasteiger charge is -2.41. The number of aromatic nitrogens is 1. The molecule has 1 N–H and O–H groups in total. The lowest BCUT2D eigenvalue weighted by atomic mass is 9.80. The Bertz CT molecular complexity index is 764. The van der Waals surface area contributed by atoms with Gasteiger partial charge in [-0.15, -0.1) is 0 Å². The van der Waals surface area contributed by atoms with Crippen LogP contribution in [0.4, 0.5) is 0 Å². The van der Waals surface area contributed by atoms with Gasteiger partial charge in [0.2, 0.25) is 5.91 Å². The summed E-state index contributed by atoms with van der Waals surface area (Å²) in [7, 11) is 0. The van der Waals surface area contributed by atoms with Crippen LogP contribution in [0.25, 0.3) is 10.8 Å². The fourth-order valence-electron chi connectivity index (χ4n) is 4.80. The Morgan fingerprint density at radius 3 is 2.81 bits per heavy atom. The van der Waals surface area contributed by atoms with Crippen molar-refractivity contribution in [2.24, 2.45) is 5.92 Å². The molecule has 0 spiro atoms. The van der Waals surface area contributed by atoms with Crippen LogP contribution in [-0.4, -0.2) is 23.0 Å².